The van der Waals surface area contributed by atoms with Crippen LogP contribution in [-0.4, -0.2) is 30.4 Å². The molecule has 78 valence electrons. The monoisotopic (exact) mass is 222 g/mol. The van der Waals surface area contributed by atoms with Crippen molar-refractivity contribution in [1.82, 2.24) is 4.98 Å². The van der Waals surface area contributed by atoms with E-state index < -0.39 is 6.04 Å². The van der Waals surface area contributed by atoms with Crippen molar-refractivity contribution in [2.24, 2.45) is 4.99 Å². The lowest BCUT2D eigenvalue weighted by molar-refractivity contribution is -0.140. The molecule has 4 nitrogen and oxygen atoms in total. The molecular formula is C10H10N2O2S. The van der Waals surface area contributed by atoms with Gasteiger partial charge in [0.25, 0.3) is 0 Å². The van der Waals surface area contributed by atoms with Gasteiger partial charge < -0.3 is 4.74 Å². The zero-order chi connectivity index (χ0) is 10.8. The molecule has 0 bridgehead atoms. The normalized spacial score (nSPS) is 17.6. The van der Waals surface area contributed by atoms with Gasteiger partial charge in [-0.15, -0.1) is 11.8 Å². The van der Waals surface area contributed by atoms with Crippen LogP contribution >= 0.6 is 11.8 Å². The van der Waals surface area contributed by atoms with Crippen molar-refractivity contribution in [3.05, 3.63) is 22.8 Å². The van der Waals surface area contributed by atoms with Gasteiger partial charge in [0.1, 0.15) is 5.03 Å². The minimum Gasteiger partial charge on any atom is -0.467 e. The molecule has 1 atom stereocenters. The van der Waals surface area contributed by atoms with E-state index in [1.54, 1.807) is 30.1 Å². The van der Waals surface area contributed by atoms with Gasteiger partial charge in [-0.1, -0.05) is 0 Å². The topological polar surface area (TPSA) is 51.5 Å². The Labute approximate surface area is 91.1 Å². The Hall–Kier alpha value is -1.36. The van der Waals surface area contributed by atoms with Crippen LogP contribution in [0.3, 0.4) is 0 Å². The Kier molecular flexibility index (Phi) is 2.73. The van der Waals surface area contributed by atoms with E-state index in [1.165, 1.54) is 7.11 Å². The fourth-order valence-corrected chi connectivity index (χ4v) is 2.02. The number of pyridine rings is 1. The van der Waals surface area contributed by atoms with Crippen molar-refractivity contribution in [1.29, 1.82) is 0 Å². The van der Waals surface area contributed by atoms with Gasteiger partial charge in [0, 0.05) is 11.4 Å². The molecule has 0 aromatic carbocycles. The number of nitrogens with zero attached hydrogens (tertiary/aromatic N) is 2. The standard InChI is InChI=1S/C10H10N2O2S/c1-14-10(13)8-5-6-7(12-8)3-4-11-9(6)15-2/h3-5,8H,1-2H3/t8-/m1/s1. The van der Waals surface area contributed by atoms with Crippen LogP contribution in [0.5, 0.6) is 0 Å². The molecule has 2 heterocycles. The van der Waals surface area contributed by atoms with E-state index in [2.05, 4.69) is 14.7 Å². The first-order valence-corrected chi connectivity index (χ1v) is 5.65. The average Bonchev–Trinajstić information content (AvgIpc) is 2.71. The summed E-state index contributed by atoms with van der Waals surface area (Å²) in [6.45, 7) is 0. The van der Waals surface area contributed by atoms with Crippen molar-refractivity contribution >= 4 is 23.8 Å². The first kappa shape index (κ1) is 10.2. The molecule has 15 heavy (non-hydrogen) atoms. The molecule has 0 fully saturated rings. The molecule has 1 aliphatic heterocycles. The van der Waals surface area contributed by atoms with Gasteiger partial charge in [-0.05, 0) is 18.4 Å². The molecule has 1 aromatic heterocycles. The lowest BCUT2D eigenvalue weighted by Gasteiger charge is -1.99. The van der Waals surface area contributed by atoms with Gasteiger partial charge >= 0.3 is 5.97 Å². The van der Waals surface area contributed by atoms with Gasteiger partial charge in [0.15, 0.2) is 6.04 Å². The SMILES string of the molecule is COC(=O)[C@H]1C=c2c(SC)nccc2=N1. The molecule has 0 radical (unpaired) electrons. The Balaban J connectivity index is 2.52. The molecule has 0 saturated carbocycles. The molecule has 1 aromatic rings. The Morgan fingerprint density at radius 3 is 3.07 bits per heavy atom. The van der Waals surface area contributed by atoms with Crippen LogP contribution < -0.4 is 10.6 Å². The van der Waals surface area contributed by atoms with E-state index in [1.807, 2.05) is 6.26 Å². The first-order chi connectivity index (χ1) is 7.26. The second-order valence-corrected chi connectivity index (χ2v) is 3.81. The maximum atomic E-state index is 11.3. The number of carbonyl (C=O) groups is 1. The molecule has 1 aliphatic rings. The summed E-state index contributed by atoms with van der Waals surface area (Å²) in [6.07, 6.45) is 5.43. The Morgan fingerprint density at radius 1 is 1.60 bits per heavy atom. The highest BCUT2D eigenvalue weighted by molar-refractivity contribution is 7.98. The Bertz CT molecular complexity index is 513. The van der Waals surface area contributed by atoms with E-state index in [0.29, 0.717) is 0 Å². The number of esters is 1. The van der Waals surface area contributed by atoms with E-state index in [0.717, 1.165) is 15.6 Å². The zero-order valence-electron chi connectivity index (χ0n) is 8.43. The number of fused-ring (bicyclic) bond motifs is 1. The number of rotatable bonds is 2. The lowest BCUT2D eigenvalue weighted by atomic mass is 10.3. The summed E-state index contributed by atoms with van der Waals surface area (Å²) in [7, 11) is 1.36. The van der Waals surface area contributed by atoms with Gasteiger partial charge in [-0.25, -0.2) is 9.78 Å². The van der Waals surface area contributed by atoms with E-state index in [4.69, 9.17) is 0 Å². The van der Waals surface area contributed by atoms with E-state index in [9.17, 15) is 4.79 Å². The van der Waals surface area contributed by atoms with Crippen molar-refractivity contribution in [2.45, 2.75) is 11.1 Å². The minimum atomic E-state index is -0.514. The molecule has 0 saturated heterocycles. The average molecular weight is 222 g/mol. The fraction of sp³-hybridized carbons (Fsp3) is 0.300. The second kappa shape index (κ2) is 4.02. The zero-order valence-corrected chi connectivity index (χ0v) is 9.25. The third-order valence-corrected chi connectivity index (χ3v) is 2.88. The summed E-state index contributed by atoms with van der Waals surface area (Å²) in [5.41, 5.74) is 0. The summed E-state index contributed by atoms with van der Waals surface area (Å²) < 4.78 is 4.65. The summed E-state index contributed by atoms with van der Waals surface area (Å²) >= 11 is 1.54. The third kappa shape index (κ3) is 1.74. The molecule has 2 rings (SSSR count). The number of hydrogen-bond acceptors (Lipinski definition) is 5. The largest absolute Gasteiger partial charge is 0.467 e. The predicted molar refractivity (Wildman–Crippen MR) is 57.1 cm³/mol. The number of hydrogen-bond donors (Lipinski definition) is 0. The highest BCUT2D eigenvalue weighted by Crippen LogP contribution is 2.06. The van der Waals surface area contributed by atoms with Crippen LogP contribution in [0.1, 0.15) is 0 Å². The van der Waals surface area contributed by atoms with Gasteiger partial charge in [0.05, 0.1) is 12.5 Å². The number of aromatic nitrogens is 1. The third-order valence-electron chi connectivity index (χ3n) is 2.17. The van der Waals surface area contributed by atoms with Crippen molar-refractivity contribution in [3.8, 4) is 0 Å². The second-order valence-electron chi connectivity index (χ2n) is 3.02. The van der Waals surface area contributed by atoms with Crippen LogP contribution in [0.4, 0.5) is 0 Å². The number of thioether (sulfide) groups is 1. The van der Waals surface area contributed by atoms with Gasteiger partial charge in [-0.2, -0.15) is 0 Å². The van der Waals surface area contributed by atoms with Crippen molar-refractivity contribution < 1.29 is 9.53 Å². The summed E-state index contributed by atoms with van der Waals surface area (Å²) in [6, 6.07) is 1.29. The predicted octanol–water partition coefficient (Wildman–Crippen LogP) is -0.241. The summed E-state index contributed by atoms with van der Waals surface area (Å²) in [5, 5.41) is 2.63. The Morgan fingerprint density at radius 2 is 2.40 bits per heavy atom. The van der Waals surface area contributed by atoms with E-state index in [-0.39, 0.29) is 5.97 Å². The molecule has 5 heteroatoms. The summed E-state index contributed by atoms with van der Waals surface area (Å²) in [4.78, 5) is 19.8. The van der Waals surface area contributed by atoms with Crippen LogP contribution in [-0.2, 0) is 9.53 Å². The van der Waals surface area contributed by atoms with Crippen LogP contribution in [0.15, 0.2) is 22.3 Å². The molecule has 0 N–H and O–H groups in total. The molecule has 0 amide bonds. The van der Waals surface area contributed by atoms with Crippen LogP contribution in [0.2, 0.25) is 0 Å². The summed E-state index contributed by atoms with van der Waals surface area (Å²) in [5.74, 6) is -0.335. The maximum Gasteiger partial charge on any atom is 0.334 e. The number of carbonyl (C=O) groups excluding carboxylic acids is 1. The highest BCUT2D eigenvalue weighted by atomic mass is 32.2. The molecular weight excluding hydrogens is 212 g/mol. The minimum absolute atomic E-state index is 0.335. The quantitative estimate of drug-likeness (QED) is 0.512. The van der Waals surface area contributed by atoms with E-state index >= 15 is 0 Å². The van der Waals surface area contributed by atoms with Gasteiger partial charge in [0.2, 0.25) is 0 Å². The molecule has 0 spiro atoms. The molecule has 0 unspecified atom stereocenters. The van der Waals surface area contributed by atoms with Crippen molar-refractivity contribution in [3.63, 3.8) is 0 Å². The fourth-order valence-electron chi connectivity index (χ4n) is 1.46. The highest BCUT2D eigenvalue weighted by Gasteiger charge is 2.19. The van der Waals surface area contributed by atoms with Crippen molar-refractivity contribution in [2.75, 3.05) is 13.4 Å². The maximum absolute atomic E-state index is 11.3. The van der Waals surface area contributed by atoms with Crippen LogP contribution in [0.25, 0.3) is 6.08 Å². The lowest BCUT2D eigenvalue weighted by Crippen LogP contribution is -2.24. The number of ether oxygens (including phenoxy) is 1. The van der Waals surface area contributed by atoms with Gasteiger partial charge in [-0.3, -0.25) is 4.99 Å². The first-order valence-electron chi connectivity index (χ1n) is 4.43. The van der Waals surface area contributed by atoms with Crippen LogP contribution in [0, 0.1) is 0 Å². The molecule has 0 aliphatic carbocycles. The smallest absolute Gasteiger partial charge is 0.334 e. The number of methoxy groups -OCH3 is 1.